The lowest BCUT2D eigenvalue weighted by atomic mass is 10.1. The Hall–Kier alpha value is -2.60. The van der Waals surface area contributed by atoms with Crippen molar-refractivity contribution >= 4 is 57.0 Å². The molecule has 0 unspecified atom stereocenters. The summed E-state index contributed by atoms with van der Waals surface area (Å²) in [6.45, 7) is 0.867. The Kier molecular flexibility index (Phi) is 6.00. The van der Waals surface area contributed by atoms with Crippen LogP contribution in [0.4, 0.5) is 5.69 Å². The molecule has 0 atom stereocenters. The maximum Gasteiger partial charge on any atom is 0.266 e. The minimum atomic E-state index is -0.0917. The summed E-state index contributed by atoms with van der Waals surface area (Å²) >= 11 is 7.63. The van der Waals surface area contributed by atoms with E-state index in [0.29, 0.717) is 28.2 Å². The Balaban J connectivity index is 1.75. The fourth-order valence-corrected chi connectivity index (χ4v) is 4.31. The smallest absolute Gasteiger partial charge is 0.266 e. The fourth-order valence-electron chi connectivity index (χ4n) is 3.11. The van der Waals surface area contributed by atoms with E-state index in [9.17, 15) is 4.79 Å². The van der Waals surface area contributed by atoms with Crippen molar-refractivity contribution in [2.45, 2.75) is 0 Å². The summed E-state index contributed by atoms with van der Waals surface area (Å²) in [5.74, 6) is -0.0917. The predicted octanol–water partition coefficient (Wildman–Crippen LogP) is 5.74. The van der Waals surface area contributed by atoms with Crippen LogP contribution in [0.1, 0.15) is 5.56 Å². The highest BCUT2D eigenvalue weighted by Gasteiger charge is 2.33. The number of rotatable bonds is 5. The largest absolute Gasteiger partial charge is 0.383 e. The van der Waals surface area contributed by atoms with Gasteiger partial charge in [-0.15, -0.1) is 0 Å². The van der Waals surface area contributed by atoms with Crippen molar-refractivity contribution in [1.82, 2.24) is 4.90 Å². The summed E-state index contributed by atoms with van der Waals surface area (Å²) in [5, 5.41) is 3.41. The first-order valence-electron chi connectivity index (χ1n) is 9.19. The fraction of sp³-hybridized carbons (Fsp3) is 0.130. The van der Waals surface area contributed by atoms with Crippen LogP contribution in [-0.2, 0) is 9.53 Å². The Morgan fingerprint density at radius 2 is 1.83 bits per heavy atom. The van der Waals surface area contributed by atoms with Crippen molar-refractivity contribution in [2.75, 3.05) is 20.3 Å². The van der Waals surface area contributed by atoms with Gasteiger partial charge in [0.2, 0.25) is 0 Å². The Morgan fingerprint density at radius 1 is 1.07 bits per heavy atom. The zero-order chi connectivity index (χ0) is 20.2. The summed E-state index contributed by atoms with van der Waals surface area (Å²) in [6.07, 6.45) is 1.82. The molecular weight excluding hydrogens is 404 g/mol. The van der Waals surface area contributed by atoms with Crippen LogP contribution < -0.4 is 0 Å². The third-order valence-electron chi connectivity index (χ3n) is 4.58. The summed E-state index contributed by atoms with van der Waals surface area (Å²) < 4.78 is 5.19. The average Bonchev–Trinajstić information content (AvgIpc) is 3.02. The highest BCUT2D eigenvalue weighted by atomic mass is 35.5. The first-order valence-corrected chi connectivity index (χ1v) is 10.4. The number of hydrogen-bond acceptors (Lipinski definition) is 4. The van der Waals surface area contributed by atoms with Crippen LogP contribution in [0, 0.1) is 0 Å². The molecule has 0 saturated carbocycles. The molecule has 0 bridgehead atoms. The summed E-state index contributed by atoms with van der Waals surface area (Å²) in [7, 11) is 1.62. The Labute approximate surface area is 178 Å². The average molecular weight is 423 g/mol. The van der Waals surface area contributed by atoms with E-state index >= 15 is 0 Å². The van der Waals surface area contributed by atoms with Gasteiger partial charge in [-0.3, -0.25) is 9.69 Å². The molecule has 1 aliphatic rings. The van der Waals surface area contributed by atoms with Crippen LogP contribution in [0.5, 0.6) is 0 Å². The van der Waals surface area contributed by atoms with Crippen molar-refractivity contribution in [2.24, 2.45) is 4.99 Å². The van der Waals surface area contributed by atoms with E-state index in [0.717, 1.165) is 22.0 Å². The number of hydrogen-bond donors (Lipinski definition) is 0. The molecule has 4 rings (SSSR count). The van der Waals surface area contributed by atoms with Gasteiger partial charge in [-0.1, -0.05) is 66.2 Å². The number of halogens is 1. The lowest BCUT2D eigenvalue weighted by Crippen LogP contribution is -2.32. The number of methoxy groups -OCH3 is 1. The molecule has 1 aliphatic heterocycles. The molecule has 0 radical (unpaired) electrons. The van der Waals surface area contributed by atoms with E-state index in [1.54, 1.807) is 12.0 Å². The second kappa shape index (κ2) is 8.82. The van der Waals surface area contributed by atoms with Crippen LogP contribution in [0.15, 0.2) is 76.6 Å². The number of carbonyl (C=O) groups excluding carboxylic acids is 1. The zero-order valence-electron chi connectivity index (χ0n) is 15.8. The Bertz CT molecular complexity index is 1120. The number of benzene rings is 3. The van der Waals surface area contributed by atoms with Gasteiger partial charge in [0.25, 0.3) is 5.91 Å². The van der Waals surface area contributed by atoms with E-state index in [1.165, 1.54) is 11.8 Å². The van der Waals surface area contributed by atoms with E-state index in [2.05, 4.69) is 12.1 Å². The third-order valence-corrected chi connectivity index (χ3v) is 5.93. The summed E-state index contributed by atoms with van der Waals surface area (Å²) in [4.78, 5) is 20.1. The lowest BCUT2D eigenvalue weighted by Gasteiger charge is -2.15. The van der Waals surface area contributed by atoms with Crippen LogP contribution in [0.25, 0.3) is 16.8 Å². The van der Waals surface area contributed by atoms with Gasteiger partial charge < -0.3 is 4.74 Å². The first kappa shape index (κ1) is 19.7. The van der Waals surface area contributed by atoms with E-state index in [-0.39, 0.29) is 5.91 Å². The first-order chi connectivity index (χ1) is 14.2. The number of amidine groups is 1. The van der Waals surface area contributed by atoms with Gasteiger partial charge in [0.1, 0.15) is 0 Å². The minimum absolute atomic E-state index is 0.0917. The molecule has 0 spiro atoms. The molecule has 0 aliphatic carbocycles. The molecule has 146 valence electrons. The monoisotopic (exact) mass is 422 g/mol. The molecule has 1 amide bonds. The quantitative estimate of drug-likeness (QED) is 0.492. The van der Waals surface area contributed by atoms with Gasteiger partial charge in [-0.25, -0.2) is 4.99 Å². The van der Waals surface area contributed by atoms with E-state index in [1.807, 2.05) is 60.7 Å². The molecule has 1 saturated heterocycles. The molecule has 1 fully saturated rings. The third kappa shape index (κ3) is 4.22. The molecule has 6 heteroatoms. The number of nitrogens with zero attached hydrogens (tertiary/aromatic N) is 2. The number of ether oxygens (including phenoxy) is 1. The summed E-state index contributed by atoms with van der Waals surface area (Å²) in [5.41, 5.74) is 1.64. The van der Waals surface area contributed by atoms with E-state index < -0.39 is 0 Å². The molecule has 0 aromatic heterocycles. The number of fused-ring (bicyclic) bond motifs is 1. The number of aliphatic imine (C=N–C) groups is 1. The van der Waals surface area contributed by atoms with Crippen molar-refractivity contribution in [3.8, 4) is 0 Å². The molecule has 29 heavy (non-hydrogen) atoms. The predicted molar refractivity (Wildman–Crippen MR) is 122 cm³/mol. The second-order valence-corrected chi connectivity index (χ2v) is 7.89. The van der Waals surface area contributed by atoms with Crippen LogP contribution in [0.2, 0.25) is 5.02 Å². The van der Waals surface area contributed by atoms with Crippen LogP contribution >= 0.6 is 23.4 Å². The lowest BCUT2D eigenvalue weighted by molar-refractivity contribution is -0.122. The maximum absolute atomic E-state index is 13.0. The highest BCUT2D eigenvalue weighted by Crippen LogP contribution is 2.36. The maximum atomic E-state index is 13.0. The van der Waals surface area contributed by atoms with Gasteiger partial charge in [0.05, 0.1) is 23.7 Å². The van der Waals surface area contributed by atoms with Gasteiger partial charge in [-0.05, 0) is 40.9 Å². The van der Waals surface area contributed by atoms with Gasteiger partial charge in [0.15, 0.2) is 5.17 Å². The number of thioether (sulfide) groups is 1. The topological polar surface area (TPSA) is 41.9 Å². The zero-order valence-corrected chi connectivity index (χ0v) is 17.4. The van der Waals surface area contributed by atoms with Gasteiger partial charge in [-0.2, -0.15) is 0 Å². The highest BCUT2D eigenvalue weighted by molar-refractivity contribution is 8.18. The standard InChI is InChI=1S/C23H19ClN2O2S/c1-28-14-13-26-22(27)21(15-17-8-3-5-11-19(17)24)29-23(26)25-20-12-6-9-16-7-2-4-10-18(16)20/h2-12,15H,13-14H2,1H3. The van der Waals surface area contributed by atoms with E-state index in [4.69, 9.17) is 21.3 Å². The minimum Gasteiger partial charge on any atom is -0.383 e. The van der Waals surface area contributed by atoms with Gasteiger partial charge in [0, 0.05) is 17.5 Å². The SMILES string of the molecule is COCCN1C(=O)C(=Cc2ccccc2Cl)SC1=Nc1cccc2ccccc12. The Morgan fingerprint density at radius 3 is 2.66 bits per heavy atom. The molecule has 4 nitrogen and oxygen atoms in total. The molecule has 3 aromatic rings. The second-order valence-electron chi connectivity index (χ2n) is 6.47. The summed E-state index contributed by atoms with van der Waals surface area (Å²) in [6, 6.07) is 21.5. The molecule has 0 N–H and O–H groups in total. The normalized spacial score (nSPS) is 17.0. The van der Waals surface area contributed by atoms with Crippen molar-refractivity contribution in [1.29, 1.82) is 0 Å². The van der Waals surface area contributed by atoms with Crippen LogP contribution in [-0.4, -0.2) is 36.2 Å². The molecule has 3 aromatic carbocycles. The van der Waals surface area contributed by atoms with Crippen molar-refractivity contribution in [3.63, 3.8) is 0 Å². The van der Waals surface area contributed by atoms with Gasteiger partial charge >= 0.3 is 0 Å². The van der Waals surface area contributed by atoms with Crippen LogP contribution in [0.3, 0.4) is 0 Å². The van der Waals surface area contributed by atoms with Crippen molar-refractivity contribution in [3.05, 3.63) is 82.2 Å². The molecular formula is C23H19ClN2O2S. The molecule has 1 heterocycles. The van der Waals surface area contributed by atoms with Crippen molar-refractivity contribution < 1.29 is 9.53 Å². The number of carbonyl (C=O) groups is 1. The number of amides is 1.